The third-order valence-electron chi connectivity index (χ3n) is 1.39. The van der Waals surface area contributed by atoms with Gasteiger partial charge in [0.25, 0.3) is 5.91 Å². The summed E-state index contributed by atoms with van der Waals surface area (Å²) in [7, 11) is 0. The van der Waals surface area contributed by atoms with Crippen LogP contribution in [0, 0.1) is 0 Å². The predicted molar refractivity (Wildman–Crippen MR) is 42.4 cm³/mol. The van der Waals surface area contributed by atoms with E-state index in [1.165, 1.54) is 6.33 Å². The molecule has 1 aliphatic rings. The lowest BCUT2D eigenvalue weighted by atomic mass is 10.3. The molecule has 1 aromatic rings. The smallest absolute Gasteiger partial charge is 0.273 e. The van der Waals surface area contributed by atoms with E-state index in [0.717, 1.165) is 0 Å². The van der Waals surface area contributed by atoms with Crippen LogP contribution in [0.1, 0.15) is 10.5 Å². The van der Waals surface area contributed by atoms with Gasteiger partial charge in [0.15, 0.2) is 10.9 Å². The van der Waals surface area contributed by atoms with Crippen LogP contribution in [-0.4, -0.2) is 21.0 Å². The van der Waals surface area contributed by atoms with Gasteiger partial charge in [0.05, 0.1) is 6.33 Å². The highest BCUT2D eigenvalue weighted by atomic mass is 79.9. The van der Waals surface area contributed by atoms with Gasteiger partial charge in [-0.25, -0.2) is 4.98 Å². The number of hydrogen-bond donors (Lipinski definition) is 3. The number of hydrogen-bond acceptors (Lipinski definition) is 3. The van der Waals surface area contributed by atoms with E-state index in [1.54, 1.807) is 0 Å². The molecule has 0 saturated carbocycles. The van der Waals surface area contributed by atoms with E-state index < -0.39 is 0 Å². The summed E-state index contributed by atoms with van der Waals surface area (Å²) >= 11 is 3.19. The number of imidazole rings is 1. The van der Waals surface area contributed by atoms with Crippen molar-refractivity contribution in [1.29, 1.82) is 0 Å². The third kappa shape index (κ3) is 0.988. The van der Waals surface area contributed by atoms with Gasteiger partial charge in [-0.05, 0) is 15.9 Å². The zero-order chi connectivity index (χ0) is 7.84. The van der Waals surface area contributed by atoms with Crippen LogP contribution in [0.25, 0.3) is 0 Å². The first-order valence-electron chi connectivity index (χ1n) is 3.02. The lowest BCUT2D eigenvalue weighted by molar-refractivity contribution is 0.0945. The number of aromatic nitrogens is 2. The molecule has 3 N–H and O–H groups in total. The Hall–Kier alpha value is -1.04. The second-order valence-electron chi connectivity index (χ2n) is 2.11. The number of rotatable bonds is 0. The van der Waals surface area contributed by atoms with Crippen molar-refractivity contribution in [3.63, 3.8) is 0 Å². The summed E-state index contributed by atoms with van der Waals surface area (Å²) in [6.45, 7) is 0. The molecule has 0 fully saturated rings. The number of anilines is 1. The van der Waals surface area contributed by atoms with Crippen molar-refractivity contribution in [2.24, 2.45) is 0 Å². The van der Waals surface area contributed by atoms with Gasteiger partial charge in [-0.3, -0.25) is 4.79 Å². The Bertz CT molecular complexity index is 296. The van der Waals surface area contributed by atoms with E-state index in [2.05, 4.69) is 36.5 Å². The molecule has 0 spiro atoms. The second kappa shape index (κ2) is 2.23. The molecule has 2 rings (SSSR count). The lowest BCUT2D eigenvalue weighted by Gasteiger charge is -2.18. The van der Waals surface area contributed by atoms with E-state index in [9.17, 15) is 4.79 Å². The Morgan fingerprint density at radius 2 is 2.36 bits per heavy atom. The van der Waals surface area contributed by atoms with Crippen molar-refractivity contribution in [3.8, 4) is 0 Å². The van der Waals surface area contributed by atoms with Crippen LogP contribution in [0.15, 0.2) is 6.33 Å². The summed E-state index contributed by atoms with van der Waals surface area (Å²) in [5, 5.41) is 5.30. The zero-order valence-corrected chi connectivity index (χ0v) is 6.97. The second-order valence-corrected chi connectivity index (χ2v) is 3.02. The summed E-state index contributed by atoms with van der Waals surface area (Å²) in [6, 6.07) is 0. The molecular formula is C5H5BrN4O. The van der Waals surface area contributed by atoms with Gasteiger partial charge in [-0.2, -0.15) is 0 Å². The van der Waals surface area contributed by atoms with Crippen molar-refractivity contribution in [3.05, 3.63) is 12.0 Å². The highest BCUT2D eigenvalue weighted by molar-refractivity contribution is 9.09. The number of H-pyrrole nitrogens is 1. The molecule has 0 saturated heterocycles. The topological polar surface area (TPSA) is 69.8 Å². The minimum absolute atomic E-state index is 0.155. The van der Waals surface area contributed by atoms with Gasteiger partial charge >= 0.3 is 0 Å². The van der Waals surface area contributed by atoms with Crippen molar-refractivity contribution >= 4 is 27.7 Å². The number of alkyl halides is 1. The summed E-state index contributed by atoms with van der Waals surface area (Å²) in [4.78, 5) is 17.7. The molecule has 1 unspecified atom stereocenters. The number of nitrogens with zero attached hydrogens (tertiary/aromatic N) is 1. The number of halogens is 1. The molecule has 0 aromatic carbocycles. The number of carbonyl (C=O) groups excluding carboxylic acids is 1. The van der Waals surface area contributed by atoms with Crippen LogP contribution in [0.4, 0.5) is 5.82 Å². The maximum Gasteiger partial charge on any atom is 0.273 e. The summed E-state index contributed by atoms with van der Waals surface area (Å²) < 4.78 is 0. The van der Waals surface area contributed by atoms with Gasteiger partial charge < -0.3 is 15.6 Å². The molecule has 1 amide bonds. The van der Waals surface area contributed by atoms with Gasteiger partial charge in [0.1, 0.15) is 5.69 Å². The third-order valence-corrected chi connectivity index (χ3v) is 1.85. The first-order valence-corrected chi connectivity index (χ1v) is 3.94. The van der Waals surface area contributed by atoms with Crippen molar-refractivity contribution in [2.45, 2.75) is 5.08 Å². The Morgan fingerprint density at radius 3 is 3.18 bits per heavy atom. The average molecular weight is 217 g/mol. The van der Waals surface area contributed by atoms with Crippen LogP contribution in [-0.2, 0) is 0 Å². The average Bonchev–Trinajstić information content (AvgIpc) is 2.34. The molecule has 5 nitrogen and oxygen atoms in total. The molecule has 11 heavy (non-hydrogen) atoms. The molecular weight excluding hydrogens is 212 g/mol. The van der Waals surface area contributed by atoms with Gasteiger partial charge in [0, 0.05) is 0 Å². The molecule has 0 aliphatic carbocycles. The fourth-order valence-corrected chi connectivity index (χ4v) is 1.34. The standard InChI is InChI=1S/C5H5BrN4O/c6-5-9-3-2(4(11)10-5)7-1-8-3/h1,5,9H,(H,7,8)(H,10,11). The van der Waals surface area contributed by atoms with E-state index in [-0.39, 0.29) is 11.0 Å². The molecule has 0 bridgehead atoms. The minimum Gasteiger partial charge on any atom is -0.339 e. The Morgan fingerprint density at radius 1 is 1.55 bits per heavy atom. The number of carbonyl (C=O) groups is 1. The minimum atomic E-state index is -0.231. The largest absolute Gasteiger partial charge is 0.339 e. The zero-order valence-electron chi connectivity index (χ0n) is 5.39. The molecule has 2 heterocycles. The van der Waals surface area contributed by atoms with E-state index in [4.69, 9.17) is 0 Å². The van der Waals surface area contributed by atoms with Crippen LogP contribution < -0.4 is 10.6 Å². The van der Waals surface area contributed by atoms with E-state index in [1.807, 2.05) is 0 Å². The van der Waals surface area contributed by atoms with Gasteiger partial charge in [-0.15, -0.1) is 0 Å². The Labute approximate surface area is 70.7 Å². The van der Waals surface area contributed by atoms with Crippen molar-refractivity contribution in [2.75, 3.05) is 5.32 Å². The molecule has 6 heteroatoms. The molecule has 0 radical (unpaired) electrons. The fourth-order valence-electron chi connectivity index (χ4n) is 0.920. The van der Waals surface area contributed by atoms with E-state index in [0.29, 0.717) is 11.5 Å². The quantitative estimate of drug-likeness (QED) is 0.430. The predicted octanol–water partition coefficient (Wildman–Crippen LogP) is 0.243. The van der Waals surface area contributed by atoms with Crippen LogP contribution >= 0.6 is 15.9 Å². The first kappa shape index (κ1) is 6.66. The van der Waals surface area contributed by atoms with Crippen LogP contribution in [0.3, 0.4) is 0 Å². The molecule has 58 valence electrons. The summed E-state index contributed by atoms with van der Waals surface area (Å²) in [5.41, 5.74) is 0.473. The SMILES string of the molecule is O=C1NC(Br)Nc2nc[nH]c21. The fraction of sp³-hybridized carbons (Fsp3) is 0.200. The highest BCUT2D eigenvalue weighted by Crippen LogP contribution is 2.16. The number of fused-ring (bicyclic) bond motifs is 1. The molecule has 1 aromatic heterocycles. The summed E-state index contributed by atoms with van der Waals surface area (Å²) in [5.74, 6) is 0.425. The normalized spacial score (nSPS) is 21.9. The van der Waals surface area contributed by atoms with Crippen molar-refractivity contribution in [1.82, 2.24) is 15.3 Å². The number of aromatic amines is 1. The Kier molecular flexibility index (Phi) is 1.35. The van der Waals surface area contributed by atoms with Gasteiger partial charge in [-0.1, -0.05) is 0 Å². The molecule has 1 aliphatic heterocycles. The van der Waals surface area contributed by atoms with Gasteiger partial charge in [0.2, 0.25) is 0 Å². The lowest BCUT2D eigenvalue weighted by Crippen LogP contribution is -2.40. The summed E-state index contributed by atoms with van der Waals surface area (Å²) in [6.07, 6.45) is 1.47. The van der Waals surface area contributed by atoms with Crippen LogP contribution in [0.2, 0.25) is 0 Å². The highest BCUT2D eigenvalue weighted by Gasteiger charge is 2.23. The Balaban J connectivity index is 2.44. The number of amides is 1. The van der Waals surface area contributed by atoms with Crippen molar-refractivity contribution < 1.29 is 4.79 Å². The maximum absolute atomic E-state index is 11.1. The molecule has 1 atom stereocenters. The first-order chi connectivity index (χ1) is 5.27. The van der Waals surface area contributed by atoms with E-state index >= 15 is 0 Å². The monoisotopic (exact) mass is 216 g/mol. The number of nitrogens with one attached hydrogen (secondary N) is 3. The van der Waals surface area contributed by atoms with Crippen LogP contribution in [0.5, 0.6) is 0 Å². The maximum atomic E-state index is 11.1.